The van der Waals surface area contributed by atoms with Crippen LogP contribution in [0, 0.1) is 0 Å². The van der Waals surface area contributed by atoms with E-state index in [1.807, 2.05) is 0 Å². The third kappa shape index (κ3) is 8.70. The van der Waals surface area contributed by atoms with Gasteiger partial charge >= 0.3 is 0 Å². The molecule has 0 saturated carbocycles. The maximum Gasteiger partial charge on any atom is 0.194 e. The molecule has 27 heavy (non-hydrogen) atoms. The molecule has 1 aromatic rings. The van der Waals surface area contributed by atoms with E-state index in [2.05, 4.69) is 80.8 Å². The van der Waals surface area contributed by atoms with Crippen LogP contribution in [0.25, 0.3) is 0 Å². The SMILES string of the molecule is CCNC(=NCCCN1CCCN(C)CC1)N(C)Cc1cc(Br)cn1C.I. The number of nitrogens with zero attached hydrogens (tertiary/aromatic N) is 5. The van der Waals surface area contributed by atoms with Crippen molar-refractivity contribution in [3.63, 3.8) is 0 Å². The molecule has 8 heteroatoms. The van der Waals surface area contributed by atoms with Crippen LogP contribution in [0.1, 0.15) is 25.5 Å². The van der Waals surface area contributed by atoms with Crippen molar-refractivity contribution in [3.8, 4) is 0 Å². The summed E-state index contributed by atoms with van der Waals surface area (Å²) in [5.74, 6) is 0.987. The zero-order chi connectivity index (χ0) is 18.9. The van der Waals surface area contributed by atoms with Gasteiger partial charge in [-0.15, -0.1) is 24.0 Å². The van der Waals surface area contributed by atoms with Crippen LogP contribution in [0.15, 0.2) is 21.7 Å². The molecule has 1 aromatic heterocycles. The average Bonchev–Trinajstić information content (AvgIpc) is 2.78. The number of aromatic nitrogens is 1. The Labute approximate surface area is 190 Å². The van der Waals surface area contributed by atoms with Gasteiger partial charge in [-0.1, -0.05) is 0 Å². The molecular formula is C19H36BrIN6. The lowest BCUT2D eigenvalue weighted by Gasteiger charge is -2.23. The molecule has 2 rings (SSSR count). The maximum atomic E-state index is 4.84. The van der Waals surface area contributed by atoms with Gasteiger partial charge in [-0.2, -0.15) is 0 Å². The second-order valence-corrected chi connectivity index (χ2v) is 8.12. The summed E-state index contributed by atoms with van der Waals surface area (Å²) in [5.41, 5.74) is 1.26. The summed E-state index contributed by atoms with van der Waals surface area (Å²) >= 11 is 3.55. The van der Waals surface area contributed by atoms with Gasteiger partial charge in [-0.3, -0.25) is 4.99 Å². The summed E-state index contributed by atoms with van der Waals surface area (Å²) in [5, 5.41) is 3.42. The highest BCUT2D eigenvalue weighted by Crippen LogP contribution is 2.15. The molecule has 1 aliphatic rings. The summed E-state index contributed by atoms with van der Waals surface area (Å²) in [7, 11) is 6.40. The first-order valence-corrected chi connectivity index (χ1v) is 10.5. The van der Waals surface area contributed by atoms with Gasteiger partial charge in [0.2, 0.25) is 0 Å². The second kappa shape index (κ2) is 13.0. The molecule has 6 nitrogen and oxygen atoms in total. The fourth-order valence-corrected chi connectivity index (χ4v) is 3.89. The Morgan fingerprint density at radius 2 is 2.04 bits per heavy atom. The molecule has 2 heterocycles. The van der Waals surface area contributed by atoms with Gasteiger partial charge in [-0.05, 0) is 68.4 Å². The first-order valence-electron chi connectivity index (χ1n) is 9.70. The molecule has 156 valence electrons. The van der Waals surface area contributed by atoms with Crippen molar-refractivity contribution in [1.29, 1.82) is 0 Å². The monoisotopic (exact) mass is 554 g/mol. The Morgan fingerprint density at radius 1 is 1.26 bits per heavy atom. The molecule has 0 bridgehead atoms. The molecule has 0 amide bonds. The summed E-state index contributed by atoms with van der Waals surface area (Å²) in [4.78, 5) is 12.1. The minimum atomic E-state index is 0. The van der Waals surface area contributed by atoms with Crippen molar-refractivity contribution in [3.05, 3.63) is 22.4 Å². The van der Waals surface area contributed by atoms with E-state index in [4.69, 9.17) is 4.99 Å². The Balaban J connectivity index is 0.00000364. The second-order valence-electron chi connectivity index (χ2n) is 7.20. The third-order valence-electron chi connectivity index (χ3n) is 4.88. The number of rotatable bonds is 7. The highest BCUT2D eigenvalue weighted by atomic mass is 127. The number of aryl methyl sites for hydroxylation is 1. The topological polar surface area (TPSA) is 39.0 Å². The van der Waals surface area contributed by atoms with Crippen molar-refractivity contribution >= 4 is 45.9 Å². The summed E-state index contributed by atoms with van der Waals surface area (Å²) < 4.78 is 3.27. The highest BCUT2D eigenvalue weighted by molar-refractivity contribution is 14.0. The first-order chi connectivity index (χ1) is 12.5. The molecule has 1 saturated heterocycles. The normalized spacial score (nSPS) is 16.7. The van der Waals surface area contributed by atoms with Gasteiger partial charge in [0.15, 0.2) is 5.96 Å². The number of guanidine groups is 1. The first kappa shape index (κ1) is 24.7. The highest BCUT2D eigenvalue weighted by Gasteiger charge is 2.12. The largest absolute Gasteiger partial charge is 0.357 e. The molecule has 0 spiro atoms. The lowest BCUT2D eigenvalue weighted by atomic mass is 10.3. The quantitative estimate of drug-likeness (QED) is 0.243. The molecule has 1 aliphatic heterocycles. The number of hydrogen-bond acceptors (Lipinski definition) is 3. The molecule has 0 radical (unpaired) electrons. The van der Waals surface area contributed by atoms with Gasteiger partial charge < -0.3 is 24.6 Å². The number of nitrogens with one attached hydrogen (secondary N) is 1. The van der Waals surface area contributed by atoms with Crippen LogP contribution in [0.2, 0.25) is 0 Å². The van der Waals surface area contributed by atoms with E-state index >= 15 is 0 Å². The van der Waals surface area contributed by atoms with E-state index in [9.17, 15) is 0 Å². The molecule has 0 aromatic carbocycles. The van der Waals surface area contributed by atoms with Crippen LogP contribution < -0.4 is 5.32 Å². The zero-order valence-electron chi connectivity index (χ0n) is 17.2. The zero-order valence-corrected chi connectivity index (χ0v) is 21.2. The van der Waals surface area contributed by atoms with Crippen molar-refractivity contribution in [2.45, 2.75) is 26.3 Å². The van der Waals surface area contributed by atoms with Crippen LogP contribution in [0.3, 0.4) is 0 Å². The fourth-order valence-electron chi connectivity index (χ4n) is 3.31. The average molecular weight is 555 g/mol. The van der Waals surface area contributed by atoms with Gasteiger partial charge in [-0.25, -0.2) is 0 Å². The van der Waals surface area contributed by atoms with Gasteiger partial charge in [0, 0.05) is 56.6 Å². The van der Waals surface area contributed by atoms with Gasteiger partial charge in [0.1, 0.15) is 0 Å². The maximum absolute atomic E-state index is 4.84. The lowest BCUT2D eigenvalue weighted by molar-refractivity contribution is 0.275. The van der Waals surface area contributed by atoms with Gasteiger partial charge in [0.25, 0.3) is 0 Å². The fraction of sp³-hybridized carbons (Fsp3) is 0.737. The Bertz CT molecular complexity index is 577. The van der Waals surface area contributed by atoms with E-state index < -0.39 is 0 Å². The number of likely N-dealkylation sites (N-methyl/N-ethyl adjacent to an activating group) is 1. The predicted molar refractivity (Wildman–Crippen MR) is 129 cm³/mol. The van der Waals surface area contributed by atoms with E-state index in [0.29, 0.717) is 0 Å². The van der Waals surface area contributed by atoms with E-state index in [0.717, 1.165) is 43.0 Å². The van der Waals surface area contributed by atoms with Crippen molar-refractivity contribution in [1.82, 2.24) is 24.6 Å². The van der Waals surface area contributed by atoms with E-state index in [1.165, 1.54) is 38.3 Å². The van der Waals surface area contributed by atoms with Crippen molar-refractivity contribution < 1.29 is 0 Å². The molecule has 1 N–H and O–H groups in total. The minimum Gasteiger partial charge on any atom is -0.357 e. The molecular weight excluding hydrogens is 519 g/mol. The van der Waals surface area contributed by atoms with Crippen LogP contribution in [-0.4, -0.2) is 85.1 Å². The number of halogens is 2. The van der Waals surface area contributed by atoms with Crippen LogP contribution in [-0.2, 0) is 13.6 Å². The molecule has 0 aliphatic carbocycles. The van der Waals surface area contributed by atoms with E-state index in [1.54, 1.807) is 0 Å². The van der Waals surface area contributed by atoms with Gasteiger partial charge in [0.05, 0.1) is 6.54 Å². The summed E-state index contributed by atoms with van der Waals surface area (Å²) in [6, 6.07) is 2.16. The van der Waals surface area contributed by atoms with Crippen molar-refractivity contribution in [2.75, 3.05) is 59.9 Å². The smallest absolute Gasteiger partial charge is 0.194 e. The molecule has 1 fully saturated rings. The summed E-state index contributed by atoms with van der Waals surface area (Å²) in [6.45, 7) is 10.7. The third-order valence-corrected chi connectivity index (χ3v) is 5.31. The standard InChI is InChI=1S/C19H35BrN6.HI/c1-5-21-19(25(4)16-18-14-17(20)15-24(18)3)22-8-6-10-26-11-7-9-23(2)12-13-26;/h14-15H,5-13,16H2,1-4H3,(H,21,22);1H. The van der Waals surface area contributed by atoms with Crippen LogP contribution >= 0.6 is 39.9 Å². The van der Waals surface area contributed by atoms with Crippen LogP contribution in [0.5, 0.6) is 0 Å². The summed E-state index contributed by atoms with van der Waals surface area (Å²) in [6.07, 6.45) is 4.48. The predicted octanol–water partition coefficient (Wildman–Crippen LogP) is 2.83. The van der Waals surface area contributed by atoms with E-state index in [-0.39, 0.29) is 24.0 Å². The minimum absolute atomic E-state index is 0. The Morgan fingerprint density at radius 3 is 2.70 bits per heavy atom. The number of hydrogen-bond donors (Lipinski definition) is 1. The molecule has 0 unspecified atom stereocenters. The number of aliphatic imine (C=N–C) groups is 1. The Hall–Kier alpha value is -0.320. The molecule has 0 atom stereocenters. The lowest BCUT2D eigenvalue weighted by Crippen LogP contribution is -2.39. The van der Waals surface area contributed by atoms with Crippen molar-refractivity contribution in [2.24, 2.45) is 12.0 Å². The Kier molecular flexibility index (Phi) is 11.9. The van der Waals surface area contributed by atoms with Crippen LogP contribution in [0.4, 0.5) is 0 Å².